The highest BCUT2D eigenvalue weighted by Crippen LogP contribution is 2.33. The Hall–Kier alpha value is -1.26. The molecule has 0 amide bonds. The Labute approximate surface area is 82.7 Å². The molecule has 0 fully saturated rings. The smallest absolute Gasteiger partial charge is 0.231 e. The maximum absolute atomic E-state index is 5.28. The quantitative estimate of drug-likeness (QED) is 0.744. The summed E-state index contributed by atoms with van der Waals surface area (Å²) in [6, 6.07) is 5.99. The van der Waals surface area contributed by atoms with E-state index in [1.807, 2.05) is 25.1 Å². The fourth-order valence-corrected chi connectivity index (χ4v) is 1.43. The predicted octanol–water partition coefficient (Wildman–Crippen LogP) is 1.63. The molecule has 1 N–H and O–H groups in total. The highest BCUT2D eigenvalue weighted by Gasteiger charge is 2.15. The van der Waals surface area contributed by atoms with Gasteiger partial charge in [-0.2, -0.15) is 5.48 Å². The zero-order valence-corrected chi connectivity index (χ0v) is 8.24. The number of hydrogen-bond donors (Lipinski definition) is 1. The molecule has 0 saturated heterocycles. The van der Waals surface area contributed by atoms with Gasteiger partial charge in [0.15, 0.2) is 11.5 Å². The second kappa shape index (κ2) is 3.86. The van der Waals surface area contributed by atoms with Crippen LogP contribution in [-0.2, 0) is 4.84 Å². The van der Waals surface area contributed by atoms with Crippen molar-refractivity contribution in [1.29, 1.82) is 0 Å². The molecule has 1 aromatic rings. The van der Waals surface area contributed by atoms with Crippen molar-refractivity contribution in [2.45, 2.75) is 13.0 Å². The molecule has 1 aliphatic rings. The summed E-state index contributed by atoms with van der Waals surface area (Å²) in [4.78, 5) is 4.86. The minimum atomic E-state index is 0.134. The molecule has 1 aromatic carbocycles. The van der Waals surface area contributed by atoms with Crippen molar-refractivity contribution in [2.24, 2.45) is 0 Å². The van der Waals surface area contributed by atoms with E-state index in [2.05, 4.69) is 5.48 Å². The summed E-state index contributed by atoms with van der Waals surface area (Å²) in [6.07, 6.45) is 0. The number of nitrogens with one attached hydrogen (secondary N) is 1. The van der Waals surface area contributed by atoms with E-state index in [1.54, 1.807) is 7.11 Å². The van der Waals surface area contributed by atoms with Crippen molar-refractivity contribution in [3.05, 3.63) is 23.8 Å². The van der Waals surface area contributed by atoms with E-state index >= 15 is 0 Å². The van der Waals surface area contributed by atoms with Crippen molar-refractivity contribution in [3.63, 3.8) is 0 Å². The third kappa shape index (κ3) is 1.66. The molecule has 4 nitrogen and oxygen atoms in total. The van der Waals surface area contributed by atoms with Crippen LogP contribution >= 0.6 is 0 Å². The summed E-state index contributed by atoms with van der Waals surface area (Å²) in [5.74, 6) is 1.60. The molecule has 0 spiro atoms. The van der Waals surface area contributed by atoms with Crippen molar-refractivity contribution in [2.75, 3.05) is 13.9 Å². The van der Waals surface area contributed by atoms with Crippen LogP contribution in [-0.4, -0.2) is 13.9 Å². The number of fused-ring (bicyclic) bond motifs is 1. The summed E-state index contributed by atoms with van der Waals surface area (Å²) in [5, 5.41) is 0. The topological polar surface area (TPSA) is 39.7 Å². The van der Waals surface area contributed by atoms with E-state index in [0.717, 1.165) is 17.1 Å². The number of benzene rings is 1. The Morgan fingerprint density at radius 2 is 2.14 bits per heavy atom. The van der Waals surface area contributed by atoms with Crippen LogP contribution in [0.15, 0.2) is 18.2 Å². The third-order valence-electron chi connectivity index (χ3n) is 2.19. The maximum atomic E-state index is 5.28. The average Bonchev–Trinajstić information content (AvgIpc) is 2.64. The van der Waals surface area contributed by atoms with Gasteiger partial charge in [0.1, 0.15) is 0 Å². The van der Waals surface area contributed by atoms with E-state index < -0.39 is 0 Å². The number of rotatable bonds is 3. The zero-order chi connectivity index (χ0) is 9.97. The molecule has 1 aliphatic heterocycles. The van der Waals surface area contributed by atoms with Gasteiger partial charge in [0.25, 0.3) is 0 Å². The number of ether oxygens (including phenoxy) is 2. The fourth-order valence-electron chi connectivity index (χ4n) is 1.43. The molecular weight excluding hydrogens is 182 g/mol. The van der Waals surface area contributed by atoms with Gasteiger partial charge in [-0.05, 0) is 24.6 Å². The fraction of sp³-hybridized carbons (Fsp3) is 0.400. The van der Waals surface area contributed by atoms with Crippen molar-refractivity contribution < 1.29 is 14.3 Å². The summed E-state index contributed by atoms with van der Waals surface area (Å²) >= 11 is 0. The molecule has 1 heterocycles. The molecule has 0 aliphatic carbocycles. The second-order valence-electron chi connectivity index (χ2n) is 3.16. The van der Waals surface area contributed by atoms with Gasteiger partial charge in [-0.15, -0.1) is 0 Å². The van der Waals surface area contributed by atoms with Crippen molar-refractivity contribution >= 4 is 0 Å². The molecule has 4 heteroatoms. The monoisotopic (exact) mass is 195 g/mol. The Morgan fingerprint density at radius 1 is 1.36 bits per heavy atom. The molecular formula is C10H13NO3. The van der Waals surface area contributed by atoms with E-state index in [-0.39, 0.29) is 6.04 Å². The van der Waals surface area contributed by atoms with Gasteiger partial charge in [-0.1, -0.05) is 6.07 Å². The standard InChI is InChI=1S/C10H13NO3/c1-7(11-12-2)8-3-4-9-10(5-8)14-6-13-9/h3-5,7,11H,6H2,1-2H3. The minimum absolute atomic E-state index is 0.134. The van der Waals surface area contributed by atoms with Crippen molar-refractivity contribution in [3.8, 4) is 11.5 Å². The summed E-state index contributed by atoms with van der Waals surface area (Å²) in [5.41, 5.74) is 3.96. The first-order chi connectivity index (χ1) is 6.81. The summed E-state index contributed by atoms with van der Waals surface area (Å²) in [6.45, 7) is 2.33. The summed E-state index contributed by atoms with van der Waals surface area (Å²) < 4.78 is 10.5. The van der Waals surface area contributed by atoms with Gasteiger partial charge in [0.2, 0.25) is 6.79 Å². The van der Waals surface area contributed by atoms with Gasteiger partial charge >= 0.3 is 0 Å². The van der Waals surface area contributed by atoms with Crippen LogP contribution < -0.4 is 15.0 Å². The average molecular weight is 195 g/mol. The van der Waals surface area contributed by atoms with Crippen LogP contribution in [0.1, 0.15) is 18.5 Å². The van der Waals surface area contributed by atoms with Crippen LogP contribution in [0.3, 0.4) is 0 Å². The molecule has 1 unspecified atom stereocenters. The van der Waals surface area contributed by atoms with E-state index in [1.165, 1.54) is 0 Å². The molecule has 2 rings (SSSR count). The normalized spacial score (nSPS) is 15.6. The molecule has 0 aromatic heterocycles. The number of hydroxylamine groups is 1. The molecule has 76 valence electrons. The first kappa shape index (κ1) is 9.30. The first-order valence-electron chi connectivity index (χ1n) is 4.49. The van der Waals surface area contributed by atoms with Gasteiger partial charge in [-0.3, -0.25) is 0 Å². The Morgan fingerprint density at radius 3 is 2.93 bits per heavy atom. The maximum Gasteiger partial charge on any atom is 0.231 e. The molecule has 14 heavy (non-hydrogen) atoms. The van der Waals surface area contributed by atoms with E-state index in [4.69, 9.17) is 14.3 Å². The largest absolute Gasteiger partial charge is 0.454 e. The Bertz CT molecular complexity index is 327. The molecule has 0 bridgehead atoms. The van der Waals surface area contributed by atoms with Crippen molar-refractivity contribution in [1.82, 2.24) is 5.48 Å². The summed E-state index contributed by atoms with van der Waals surface area (Å²) in [7, 11) is 1.60. The highest BCUT2D eigenvalue weighted by molar-refractivity contribution is 5.45. The SMILES string of the molecule is CONC(C)c1ccc2c(c1)OCO2. The second-order valence-corrected chi connectivity index (χ2v) is 3.16. The molecule has 1 atom stereocenters. The zero-order valence-electron chi connectivity index (χ0n) is 8.24. The Kier molecular flexibility index (Phi) is 2.56. The van der Waals surface area contributed by atoms with Crippen LogP contribution in [0.25, 0.3) is 0 Å². The Balaban J connectivity index is 2.19. The van der Waals surface area contributed by atoms with Gasteiger partial charge < -0.3 is 14.3 Å². The first-order valence-corrected chi connectivity index (χ1v) is 4.49. The van der Waals surface area contributed by atoms with E-state index in [0.29, 0.717) is 6.79 Å². The van der Waals surface area contributed by atoms with Gasteiger partial charge in [0.05, 0.1) is 13.2 Å². The molecule has 0 saturated carbocycles. The minimum Gasteiger partial charge on any atom is -0.454 e. The number of hydrogen-bond acceptors (Lipinski definition) is 4. The van der Waals surface area contributed by atoms with Crippen LogP contribution in [0.5, 0.6) is 11.5 Å². The van der Waals surface area contributed by atoms with Gasteiger partial charge in [0, 0.05) is 0 Å². The van der Waals surface area contributed by atoms with Gasteiger partial charge in [-0.25, -0.2) is 0 Å². The third-order valence-corrected chi connectivity index (χ3v) is 2.19. The lowest BCUT2D eigenvalue weighted by Gasteiger charge is -2.12. The van der Waals surface area contributed by atoms with E-state index in [9.17, 15) is 0 Å². The molecule has 0 radical (unpaired) electrons. The van der Waals surface area contributed by atoms with Crippen LogP contribution in [0.4, 0.5) is 0 Å². The lowest BCUT2D eigenvalue weighted by atomic mass is 10.1. The van der Waals surface area contributed by atoms with Crippen LogP contribution in [0, 0.1) is 0 Å². The lowest BCUT2D eigenvalue weighted by molar-refractivity contribution is 0.0658. The lowest BCUT2D eigenvalue weighted by Crippen LogP contribution is -2.16. The predicted molar refractivity (Wildman–Crippen MR) is 51.1 cm³/mol. The van der Waals surface area contributed by atoms with Crippen LogP contribution in [0.2, 0.25) is 0 Å². The highest BCUT2D eigenvalue weighted by atomic mass is 16.7.